The van der Waals surface area contributed by atoms with Crippen molar-refractivity contribution in [1.82, 2.24) is 25.1 Å². The number of nitrogens with zero attached hydrogens (tertiary/aromatic N) is 5. The van der Waals surface area contributed by atoms with Gasteiger partial charge in [-0.05, 0) is 44.6 Å². The van der Waals surface area contributed by atoms with Gasteiger partial charge in [0.1, 0.15) is 6.10 Å². The van der Waals surface area contributed by atoms with Crippen LogP contribution < -0.4 is 10.2 Å². The number of ether oxygens (including phenoxy) is 2. The molecule has 10 heteroatoms. The van der Waals surface area contributed by atoms with Crippen LogP contribution in [0.2, 0.25) is 0 Å². The van der Waals surface area contributed by atoms with Crippen LogP contribution in [0, 0.1) is 0 Å². The molecule has 3 fully saturated rings. The van der Waals surface area contributed by atoms with E-state index >= 15 is 0 Å². The molecule has 0 aliphatic carbocycles. The van der Waals surface area contributed by atoms with Crippen LogP contribution in [0.15, 0.2) is 18.5 Å². The summed E-state index contributed by atoms with van der Waals surface area (Å²) in [4.78, 5) is 39.9. The van der Waals surface area contributed by atoms with Gasteiger partial charge in [-0.25, -0.2) is 14.8 Å². The molecule has 1 N–H and O–H groups in total. The van der Waals surface area contributed by atoms with E-state index in [1.807, 2.05) is 11.0 Å². The number of hydrogen-bond donors (Lipinski definition) is 1. The van der Waals surface area contributed by atoms with E-state index in [0.29, 0.717) is 19.8 Å². The van der Waals surface area contributed by atoms with Crippen molar-refractivity contribution in [2.75, 3.05) is 51.8 Å². The summed E-state index contributed by atoms with van der Waals surface area (Å²) in [6.45, 7) is 3.37. The van der Waals surface area contributed by atoms with Gasteiger partial charge in [0.15, 0.2) is 0 Å². The van der Waals surface area contributed by atoms with E-state index in [1.165, 1.54) is 0 Å². The number of rotatable bonds is 6. The Morgan fingerprint density at radius 3 is 2.55 bits per heavy atom. The lowest BCUT2D eigenvalue weighted by molar-refractivity contribution is -0.132. The minimum absolute atomic E-state index is 0.0456. The highest BCUT2D eigenvalue weighted by Gasteiger charge is 2.38. The fraction of sp³-hybridized carbons (Fsp3) is 0.739. The molecule has 3 aliphatic heterocycles. The minimum Gasteiger partial charge on any atom is -0.376 e. The minimum atomic E-state index is -0.379. The average Bonchev–Trinajstić information content (AvgIpc) is 3.39. The van der Waals surface area contributed by atoms with E-state index in [0.717, 1.165) is 57.6 Å². The van der Waals surface area contributed by atoms with Crippen molar-refractivity contribution >= 4 is 17.9 Å². The summed E-state index contributed by atoms with van der Waals surface area (Å²) in [7, 11) is 3.52. The number of amides is 3. The van der Waals surface area contributed by atoms with Crippen molar-refractivity contribution in [3.05, 3.63) is 18.5 Å². The maximum absolute atomic E-state index is 12.9. The number of nitrogens with one attached hydrogen (secondary N) is 1. The Morgan fingerprint density at radius 2 is 1.88 bits per heavy atom. The number of carbonyl (C=O) groups is 2. The second kappa shape index (κ2) is 11.1. The zero-order chi connectivity index (χ0) is 23.2. The van der Waals surface area contributed by atoms with E-state index < -0.39 is 0 Å². The molecule has 4 rings (SSSR count). The molecule has 10 nitrogen and oxygen atoms in total. The fourth-order valence-corrected chi connectivity index (χ4v) is 4.90. The quantitative estimate of drug-likeness (QED) is 0.682. The monoisotopic (exact) mass is 460 g/mol. The molecule has 4 heterocycles. The van der Waals surface area contributed by atoms with Gasteiger partial charge in [-0.15, -0.1) is 0 Å². The predicted octanol–water partition coefficient (Wildman–Crippen LogP) is 1.27. The van der Waals surface area contributed by atoms with Crippen LogP contribution in [0.3, 0.4) is 0 Å². The first kappa shape index (κ1) is 23.7. The largest absolute Gasteiger partial charge is 0.376 e. The molecule has 1 aromatic heterocycles. The standard InChI is InChI=1S/C23H36N6O4/c1-27(2)23(31)29-12-3-6-18(26-21(30)20-7-4-15-32-20)19(29)16-33-17-8-13-28(14-9-17)22-24-10-5-11-25-22/h5,10-11,17-20H,3-4,6-9,12-16H2,1-2H3,(H,26,30)/t18-,19-,20-/m0/s1. The van der Waals surface area contributed by atoms with Gasteiger partial charge in [0, 0.05) is 52.7 Å². The van der Waals surface area contributed by atoms with E-state index in [9.17, 15) is 9.59 Å². The fourth-order valence-electron chi connectivity index (χ4n) is 4.90. The first-order valence-electron chi connectivity index (χ1n) is 12.1. The summed E-state index contributed by atoms with van der Waals surface area (Å²) in [5.74, 6) is 0.681. The van der Waals surface area contributed by atoms with E-state index in [2.05, 4.69) is 20.2 Å². The number of aromatic nitrogens is 2. The molecule has 0 spiro atoms. The van der Waals surface area contributed by atoms with Gasteiger partial charge in [0.2, 0.25) is 11.9 Å². The van der Waals surface area contributed by atoms with Crippen LogP contribution in [0.25, 0.3) is 0 Å². The number of piperidine rings is 2. The normalized spacial score (nSPS) is 26.3. The molecule has 0 radical (unpaired) electrons. The molecule has 1 aromatic rings. The lowest BCUT2D eigenvalue weighted by atomic mass is 9.96. The molecule has 3 amide bonds. The summed E-state index contributed by atoms with van der Waals surface area (Å²) in [6, 6.07) is 1.43. The van der Waals surface area contributed by atoms with Crippen molar-refractivity contribution in [2.45, 2.75) is 62.8 Å². The lowest BCUT2D eigenvalue weighted by Crippen LogP contribution is -2.61. The smallest absolute Gasteiger partial charge is 0.319 e. The molecule has 182 valence electrons. The molecule has 3 saturated heterocycles. The van der Waals surface area contributed by atoms with Crippen LogP contribution in [0.5, 0.6) is 0 Å². The number of hydrogen-bond acceptors (Lipinski definition) is 7. The van der Waals surface area contributed by atoms with Gasteiger partial charge in [-0.1, -0.05) is 0 Å². The van der Waals surface area contributed by atoms with Crippen LogP contribution >= 0.6 is 0 Å². The Hall–Kier alpha value is -2.46. The Labute approximate surface area is 195 Å². The zero-order valence-electron chi connectivity index (χ0n) is 19.7. The Balaban J connectivity index is 1.36. The van der Waals surface area contributed by atoms with Gasteiger partial charge in [-0.2, -0.15) is 0 Å². The highest BCUT2D eigenvalue weighted by atomic mass is 16.5. The molecule has 0 aromatic carbocycles. The van der Waals surface area contributed by atoms with Gasteiger partial charge < -0.3 is 29.5 Å². The summed E-state index contributed by atoms with van der Waals surface area (Å²) in [5, 5.41) is 3.17. The lowest BCUT2D eigenvalue weighted by Gasteiger charge is -2.43. The maximum Gasteiger partial charge on any atom is 0.319 e. The number of anilines is 1. The van der Waals surface area contributed by atoms with Gasteiger partial charge >= 0.3 is 6.03 Å². The average molecular weight is 461 g/mol. The van der Waals surface area contributed by atoms with Crippen LogP contribution in [-0.4, -0.2) is 103 Å². The number of carbonyl (C=O) groups excluding carboxylic acids is 2. The second-order valence-corrected chi connectivity index (χ2v) is 9.27. The van der Waals surface area contributed by atoms with Crippen LogP contribution in [0.1, 0.15) is 38.5 Å². The summed E-state index contributed by atoms with van der Waals surface area (Å²) < 4.78 is 11.9. The summed E-state index contributed by atoms with van der Waals surface area (Å²) in [5.41, 5.74) is 0. The SMILES string of the molecule is CN(C)C(=O)N1CCC[C@H](NC(=O)[C@@H]2CCCO2)[C@@H]1COC1CCN(c2ncccn2)CC1. The molecular weight excluding hydrogens is 424 g/mol. The molecular formula is C23H36N6O4. The van der Waals surface area contributed by atoms with E-state index in [-0.39, 0.29) is 36.2 Å². The van der Waals surface area contributed by atoms with Crippen molar-refractivity contribution in [3.8, 4) is 0 Å². The molecule has 3 aliphatic rings. The molecule has 0 saturated carbocycles. The first-order chi connectivity index (χ1) is 16.0. The van der Waals surface area contributed by atoms with Crippen molar-refractivity contribution in [1.29, 1.82) is 0 Å². The van der Waals surface area contributed by atoms with Crippen LogP contribution in [-0.2, 0) is 14.3 Å². The zero-order valence-corrected chi connectivity index (χ0v) is 19.7. The molecule has 0 unspecified atom stereocenters. The van der Waals surface area contributed by atoms with Crippen molar-refractivity contribution in [2.24, 2.45) is 0 Å². The number of urea groups is 1. The maximum atomic E-state index is 12.9. The third kappa shape index (κ3) is 5.92. The van der Waals surface area contributed by atoms with Crippen molar-refractivity contribution in [3.63, 3.8) is 0 Å². The van der Waals surface area contributed by atoms with Gasteiger partial charge in [0.05, 0.1) is 24.8 Å². The first-order valence-corrected chi connectivity index (χ1v) is 12.1. The molecule has 0 bridgehead atoms. The summed E-state index contributed by atoms with van der Waals surface area (Å²) in [6.07, 6.45) is 8.34. The topological polar surface area (TPSA) is 100 Å². The number of likely N-dealkylation sites (tertiary alicyclic amines) is 1. The van der Waals surface area contributed by atoms with E-state index in [4.69, 9.17) is 9.47 Å². The second-order valence-electron chi connectivity index (χ2n) is 9.27. The highest BCUT2D eigenvalue weighted by molar-refractivity contribution is 5.81. The predicted molar refractivity (Wildman–Crippen MR) is 123 cm³/mol. The van der Waals surface area contributed by atoms with Crippen molar-refractivity contribution < 1.29 is 19.1 Å². The summed E-state index contributed by atoms with van der Waals surface area (Å²) >= 11 is 0. The Morgan fingerprint density at radius 1 is 1.12 bits per heavy atom. The van der Waals surface area contributed by atoms with Gasteiger partial charge in [0.25, 0.3) is 0 Å². The van der Waals surface area contributed by atoms with Crippen LogP contribution in [0.4, 0.5) is 10.7 Å². The molecule has 33 heavy (non-hydrogen) atoms. The van der Waals surface area contributed by atoms with Gasteiger partial charge in [-0.3, -0.25) is 4.79 Å². The third-order valence-corrected chi connectivity index (χ3v) is 6.74. The van der Waals surface area contributed by atoms with E-state index in [1.54, 1.807) is 31.4 Å². The Bertz CT molecular complexity index is 780. The molecule has 3 atom stereocenters. The third-order valence-electron chi connectivity index (χ3n) is 6.74. The Kier molecular flexibility index (Phi) is 7.97. The highest BCUT2D eigenvalue weighted by Crippen LogP contribution is 2.23.